The zero-order valence-corrected chi connectivity index (χ0v) is 20.6. The average molecular weight is 475 g/mol. The second kappa shape index (κ2) is 13.3. The van der Waals surface area contributed by atoms with Gasteiger partial charge in [-0.2, -0.15) is 0 Å². The molecule has 0 atom stereocenters. The summed E-state index contributed by atoms with van der Waals surface area (Å²) >= 11 is 0. The van der Waals surface area contributed by atoms with Crippen LogP contribution in [0.2, 0.25) is 0 Å². The van der Waals surface area contributed by atoms with E-state index >= 15 is 0 Å². The van der Waals surface area contributed by atoms with Gasteiger partial charge in [-0.3, -0.25) is 9.59 Å². The monoisotopic (exact) mass is 474 g/mol. The molecule has 0 aliphatic carbocycles. The molecule has 0 bridgehead atoms. The smallest absolute Gasteiger partial charge is 0.323 e. The Morgan fingerprint density at radius 2 is 1.23 bits per heavy atom. The summed E-state index contributed by atoms with van der Waals surface area (Å²) < 4.78 is 16.7. The van der Waals surface area contributed by atoms with E-state index in [1.807, 2.05) is 84.9 Å². The molecular weight excluding hydrogens is 440 g/mol. The summed E-state index contributed by atoms with van der Waals surface area (Å²) in [6, 6.07) is 27.5. The zero-order chi connectivity index (χ0) is 24.9. The van der Waals surface area contributed by atoms with Gasteiger partial charge in [0, 0.05) is 0 Å². The van der Waals surface area contributed by atoms with Gasteiger partial charge in [-0.25, -0.2) is 0 Å². The standard InChI is InChI=1S/C30H34O5/c1-3-33-28(31)30(29(32)34-4-2,21-11-16-24-12-7-5-8-13-24)22-25-17-19-27(20-18-25)35-23-26-14-9-6-10-15-26/h5-10,12-15,17-20H,3-4,11,16,21-23H2,1-2H3. The van der Waals surface area contributed by atoms with Crippen molar-refractivity contribution in [2.45, 2.75) is 46.1 Å². The third-order valence-corrected chi connectivity index (χ3v) is 5.92. The van der Waals surface area contributed by atoms with Crippen molar-refractivity contribution in [3.05, 3.63) is 102 Å². The van der Waals surface area contributed by atoms with Crippen LogP contribution >= 0.6 is 0 Å². The SMILES string of the molecule is CCOC(=O)C(CCCc1ccccc1)(Cc1ccc(OCc2ccccc2)cc1)C(=O)OCC. The van der Waals surface area contributed by atoms with E-state index in [1.54, 1.807) is 13.8 Å². The zero-order valence-electron chi connectivity index (χ0n) is 20.6. The molecule has 0 aliphatic heterocycles. The lowest BCUT2D eigenvalue weighted by Gasteiger charge is -2.29. The summed E-state index contributed by atoms with van der Waals surface area (Å²) in [5.74, 6) is -0.341. The maximum atomic E-state index is 13.2. The molecule has 3 aromatic carbocycles. The number of esters is 2. The predicted molar refractivity (Wildman–Crippen MR) is 136 cm³/mol. The highest BCUT2D eigenvalue weighted by Gasteiger charge is 2.48. The summed E-state index contributed by atoms with van der Waals surface area (Å²) in [5, 5.41) is 0. The molecule has 3 aromatic rings. The van der Waals surface area contributed by atoms with Gasteiger partial charge >= 0.3 is 11.9 Å². The van der Waals surface area contributed by atoms with E-state index in [-0.39, 0.29) is 19.6 Å². The minimum atomic E-state index is -1.40. The predicted octanol–water partition coefficient (Wildman–Crippen LogP) is 5.94. The number of hydrogen-bond acceptors (Lipinski definition) is 5. The molecule has 0 aromatic heterocycles. The topological polar surface area (TPSA) is 61.8 Å². The van der Waals surface area contributed by atoms with E-state index in [0.717, 1.165) is 28.9 Å². The largest absolute Gasteiger partial charge is 0.489 e. The van der Waals surface area contributed by atoms with Crippen LogP contribution in [0.5, 0.6) is 5.75 Å². The third-order valence-electron chi connectivity index (χ3n) is 5.92. The van der Waals surface area contributed by atoms with Gasteiger partial charge in [0.2, 0.25) is 0 Å². The van der Waals surface area contributed by atoms with E-state index in [9.17, 15) is 9.59 Å². The maximum Gasteiger partial charge on any atom is 0.323 e. The lowest BCUT2D eigenvalue weighted by molar-refractivity contribution is -0.172. The molecule has 0 unspecified atom stereocenters. The lowest BCUT2D eigenvalue weighted by Crippen LogP contribution is -2.44. The molecule has 5 heteroatoms. The van der Waals surface area contributed by atoms with Crippen molar-refractivity contribution in [1.29, 1.82) is 0 Å². The molecule has 0 N–H and O–H groups in total. The number of rotatable bonds is 13. The third kappa shape index (κ3) is 7.44. The number of hydrogen-bond donors (Lipinski definition) is 0. The molecule has 184 valence electrons. The molecule has 0 saturated carbocycles. The molecule has 0 amide bonds. The molecule has 5 nitrogen and oxygen atoms in total. The Hall–Kier alpha value is -3.60. The second-order valence-electron chi connectivity index (χ2n) is 8.46. The molecule has 0 fully saturated rings. The van der Waals surface area contributed by atoms with Gasteiger partial charge in [-0.05, 0) is 68.4 Å². The van der Waals surface area contributed by atoms with Crippen molar-refractivity contribution in [2.24, 2.45) is 5.41 Å². The highest BCUT2D eigenvalue weighted by Crippen LogP contribution is 2.34. The average Bonchev–Trinajstić information content (AvgIpc) is 2.89. The van der Waals surface area contributed by atoms with Crippen LogP contribution < -0.4 is 4.74 Å². The van der Waals surface area contributed by atoms with E-state index in [2.05, 4.69) is 0 Å². The first-order valence-corrected chi connectivity index (χ1v) is 12.2. The minimum Gasteiger partial charge on any atom is -0.489 e. The number of carbonyl (C=O) groups is 2. The van der Waals surface area contributed by atoms with Crippen molar-refractivity contribution in [2.75, 3.05) is 13.2 Å². The van der Waals surface area contributed by atoms with Crippen LogP contribution in [0.1, 0.15) is 43.4 Å². The van der Waals surface area contributed by atoms with Crippen molar-refractivity contribution < 1.29 is 23.8 Å². The molecule has 3 rings (SSSR count). The van der Waals surface area contributed by atoms with E-state index < -0.39 is 17.4 Å². The summed E-state index contributed by atoms with van der Waals surface area (Å²) in [5.41, 5.74) is 1.69. The fourth-order valence-electron chi connectivity index (χ4n) is 4.09. The molecule has 0 spiro atoms. The van der Waals surface area contributed by atoms with Gasteiger partial charge in [0.05, 0.1) is 13.2 Å². The van der Waals surface area contributed by atoms with Gasteiger partial charge in [-0.15, -0.1) is 0 Å². The Kier molecular flexibility index (Phi) is 9.91. The summed E-state index contributed by atoms with van der Waals surface area (Å²) in [4.78, 5) is 26.4. The maximum absolute atomic E-state index is 13.2. The first-order chi connectivity index (χ1) is 17.1. The summed E-state index contributed by atoms with van der Waals surface area (Å²) in [6.07, 6.45) is 1.96. The Labute approximate surface area is 208 Å². The van der Waals surface area contributed by atoms with E-state index in [4.69, 9.17) is 14.2 Å². The van der Waals surface area contributed by atoms with Gasteiger partial charge < -0.3 is 14.2 Å². The Morgan fingerprint density at radius 3 is 1.77 bits per heavy atom. The second-order valence-corrected chi connectivity index (χ2v) is 8.46. The van der Waals surface area contributed by atoms with Gasteiger partial charge in [-0.1, -0.05) is 72.8 Å². The van der Waals surface area contributed by atoms with E-state index in [0.29, 0.717) is 19.4 Å². The first kappa shape index (κ1) is 26.0. The molecule has 0 radical (unpaired) electrons. The van der Waals surface area contributed by atoms with Crippen LogP contribution in [0, 0.1) is 5.41 Å². The first-order valence-electron chi connectivity index (χ1n) is 12.2. The molecule has 0 aliphatic rings. The van der Waals surface area contributed by atoms with Crippen molar-refractivity contribution in [1.82, 2.24) is 0 Å². The fraction of sp³-hybridized carbons (Fsp3) is 0.333. The number of carbonyl (C=O) groups excluding carboxylic acids is 2. The summed E-state index contributed by atoms with van der Waals surface area (Å²) in [6.45, 7) is 4.36. The van der Waals surface area contributed by atoms with Crippen molar-refractivity contribution in [3.8, 4) is 5.75 Å². The summed E-state index contributed by atoms with van der Waals surface area (Å²) in [7, 11) is 0. The van der Waals surface area contributed by atoms with Crippen molar-refractivity contribution >= 4 is 11.9 Å². The highest BCUT2D eigenvalue weighted by molar-refractivity contribution is 6.00. The molecule has 0 saturated heterocycles. The Balaban J connectivity index is 1.77. The normalized spacial score (nSPS) is 11.0. The van der Waals surface area contributed by atoms with Crippen LogP contribution in [-0.2, 0) is 38.5 Å². The van der Waals surface area contributed by atoms with Crippen LogP contribution in [0.3, 0.4) is 0 Å². The number of ether oxygens (including phenoxy) is 3. The minimum absolute atomic E-state index is 0.199. The van der Waals surface area contributed by atoms with Crippen molar-refractivity contribution in [3.63, 3.8) is 0 Å². The molecule has 35 heavy (non-hydrogen) atoms. The van der Waals surface area contributed by atoms with Crippen LogP contribution in [0.4, 0.5) is 0 Å². The molecular formula is C30H34O5. The Bertz CT molecular complexity index is 1030. The highest BCUT2D eigenvalue weighted by atomic mass is 16.6. The van der Waals surface area contributed by atoms with Gasteiger partial charge in [0.25, 0.3) is 0 Å². The van der Waals surface area contributed by atoms with E-state index in [1.165, 1.54) is 0 Å². The van der Waals surface area contributed by atoms with Gasteiger partial charge in [0.1, 0.15) is 12.4 Å². The van der Waals surface area contributed by atoms with Gasteiger partial charge in [0.15, 0.2) is 5.41 Å². The lowest BCUT2D eigenvalue weighted by atomic mass is 9.77. The number of aryl methyl sites for hydroxylation is 1. The quantitative estimate of drug-likeness (QED) is 0.226. The van der Waals surface area contributed by atoms with Crippen LogP contribution in [0.15, 0.2) is 84.9 Å². The fourth-order valence-corrected chi connectivity index (χ4v) is 4.09. The number of benzene rings is 3. The molecule has 0 heterocycles. The van der Waals surface area contributed by atoms with Crippen LogP contribution in [-0.4, -0.2) is 25.2 Å². The Morgan fingerprint density at radius 1 is 0.686 bits per heavy atom. The van der Waals surface area contributed by atoms with Crippen LogP contribution in [0.25, 0.3) is 0 Å².